The number of alkyl halides is 1. The van der Waals surface area contributed by atoms with Crippen molar-refractivity contribution < 1.29 is 4.79 Å². The Hall–Kier alpha value is -0.470. The first kappa shape index (κ1) is 11.6. The Labute approximate surface area is 111 Å². The van der Waals surface area contributed by atoms with E-state index in [0.29, 0.717) is 11.7 Å². The van der Waals surface area contributed by atoms with Gasteiger partial charge in [0.1, 0.15) is 5.78 Å². The van der Waals surface area contributed by atoms with Crippen LogP contribution in [0.15, 0.2) is 35.2 Å². The second kappa shape index (κ2) is 4.66. The van der Waals surface area contributed by atoms with Gasteiger partial charge in [-0.3, -0.25) is 4.79 Å². The largest absolute Gasteiger partial charge is 0.298 e. The number of carbonyl (C=O) groups excluding carboxylic acids is 1. The normalized spacial score (nSPS) is 36.2. The Bertz CT molecular complexity index is 419. The minimum absolute atomic E-state index is 0.0902. The van der Waals surface area contributed by atoms with E-state index in [1.165, 1.54) is 4.90 Å². The molecule has 1 nitrogen and oxygen atoms in total. The molecule has 0 unspecified atom stereocenters. The average molecular weight is 267 g/mol. The van der Waals surface area contributed by atoms with Gasteiger partial charge in [0.2, 0.25) is 0 Å². The van der Waals surface area contributed by atoms with Crippen LogP contribution in [0, 0.1) is 11.8 Å². The smallest absolute Gasteiger partial charge is 0.149 e. The van der Waals surface area contributed by atoms with E-state index in [1.807, 2.05) is 18.2 Å². The quantitative estimate of drug-likeness (QED) is 0.759. The van der Waals surface area contributed by atoms with Gasteiger partial charge in [-0.05, 0) is 37.3 Å². The van der Waals surface area contributed by atoms with Crippen LogP contribution in [0.5, 0.6) is 0 Å². The molecule has 17 heavy (non-hydrogen) atoms. The predicted octanol–water partition coefficient (Wildman–Crippen LogP) is 3.75. The third-order valence-electron chi connectivity index (χ3n) is 3.90. The van der Waals surface area contributed by atoms with E-state index < -0.39 is 0 Å². The van der Waals surface area contributed by atoms with Crippen LogP contribution in [-0.4, -0.2) is 16.4 Å². The van der Waals surface area contributed by atoms with E-state index in [-0.39, 0.29) is 16.5 Å². The molecule has 0 aromatic heterocycles. The zero-order valence-electron chi connectivity index (χ0n) is 9.51. The summed E-state index contributed by atoms with van der Waals surface area (Å²) in [6.45, 7) is 0. The number of halogens is 1. The molecule has 2 bridgehead atoms. The number of fused-ring (bicyclic) bond motifs is 3. The number of hydrogen-bond acceptors (Lipinski definition) is 2. The summed E-state index contributed by atoms with van der Waals surface area (Å²) in [5, 5.41) is 0.292. The van der Waals surface area contributed by atoms with E-state index in [9.17, 15) is 4.79 Å². The molecule has 0 N–H and O–H groups in total. The van der Waals surface area contributed by atoms with Gasteiger partial charge in [0.05, 0.1) is 5.25 Å². The first-order chi connectivity index (χ1) is 8.25. The molecule has 1 aromatic carbocycles. The van der Waals surface area contributed by atoms with Crippen LogP contribution in [0.4, 0.5) is 0 Å². The molecule has 4 rings (SSSR count). The van der Waals surface area contributed by atoms with Gasteiger partial charge in [-0.25, -0.2) is 0 Å². The number of Topliss-reactive ketones (excluding diaryl/α,β-unsaturated/α-hetero) is 1. The zero-order chi connectivity index (χ0) is 11.8. The lowest BCUT2D eigenvalue weighted by molar-refractivity contribution is -0.128. The molecule has 0 saturated heterocycles. The van der Waals surface area contributed by atoms with E-state index in [4.69, 9.17) is 11.6 Å². The number of ketones is 1. The highest BCUT2D eigenvalue weighted by Crippen LogP contribution is 2.47. The van der Waals surface area contributed by atoms with Gasteiger partial charge in [0.25, 0.3) is 0 Å². The number of rotatable bonds is 2. The third-order valence-corrected chi connectivity index (χ3v) is 5.78. The number of hydrogen-bond donors (Lipinski definition) is 0. The molecule has 3 fully saturated rings. The lowest BCUT2D eigenvalue weighted by atomic mass is 9.69. The van der Waals surface area contributed by atoms with E-state index >= 15 is 0 Å². The van der Waals surface area contributed by atoms with Gasteiger partial charge in [-0.1, -0.05) is 18.2 Å². The van der Waals surface area contributed by atoms with Crippen molar-refractivity contribution in [3.8, 4) is 0 Å². The van der Waals surface area contributed by atoms with Crippen molar-refractivity contribution in [1.29, 1.82) is 0 Å². The Balaban J connectivity index is 1.81. The second-order valence-electron chi connectivity index (χ2n) is 4.94. The van der Waals surface area contributed by atoms with Crippen LogP contribution in [0.2, 0.25) is 0 Å². The average Bonchev–Trinajstić information content (AvgIpc) is 2.35. The highest BCUT2D eigenvalue weighted by molar-refractivity contribution is 8.00. The van der Waals surface area contributed by atoms with Crippen molar-refractivity contribution in [2.45, 2.75) is 34.8 Å². The van der Waals surface area contributed by atoms with Gasteiger partial charge >= 0.3 is 0 Å². The maximum atomic E-state index is 12.3. The van der Waals surface area contributed by atoms with Crippen LogP contribution in [-0.2, 0) is 4.79 Å². The third kappa shape index (κ3) is 2.13. The summed E-state index contributed by atoms with van der Waals surface area (Å²) in [4.78, 5) is 13.4. The molecule has 3 saturated carbocycles. The van der Waals surface area contributed by atoms with Crippen LogP contribution in [0.1, 0.15) is 19.3 Å². The van der Waals surface area contributed by atoms with Crippen LogP contribution < -0.4 is 0 Å². The van der Waals surface area contributed by atoms with Gasteiger partial charge in [-0.15, -0.1) is 23.4 Å². The summed E-state index contributed by atoms with van der Waals surface area (Å²) in [6.07, 6.45) is 3.07. The van der Waals surface area contributed by atoms with Crippen LogP contribution in [0.3, 0.4) is 0 Å². The second-order valence-corrected chi connectivity index (χ2v) is 6.72. The number of thioether (sulfide) groups is 1. The molecule has 0 aliphatic heterocycles. The maximum absolute atomic E-state index is 12.3. The van der Waals surface area contributed by atoms with Crippen LogP contribution in [0.25, 0.3) is 0 Å². The molecule has 0 amide bonds. The SMILES string of the molecule is O=C1[C@@H]2CC[C@@H]([C@H](Cl)C2)[C@@H]1Sc1ccccc1. The van der Waals surface area contributed by atoms with E-state index in [0.717, 1.165) is 19.3 Å². The van der Waals surface area contributed by atoms with E-state index in [1.54, 1.807) is 11.8 Å². The number of carbonyl (C=O) groups is 1. The van der Waals surface area contributed by atoms with Gasteiger partial charge < -0.3 is 0 Å². The van der Waals surface area contributed by atoms with Crippen molar-refractivity contribution >= 4 is 29.1 Å². The minimum Gasteiger partial charge on any atom is -0.298 e. The van der Waals surface area contributed by atoms with Gasteiger partial charge in [0, 0.05) is 16.2 Å². The standard InChI is InChI=1S/C14H15ClOS/c15-12-8-9-6-7-11(12)14(13(9)16)17-10-4-2-1-3-5-10/h1-5,9,11-12,14H,6-8H2/t9-,11+,12-,14+/m1/s1. The summed E-state index contributed by atoms with van der Waals surface area (Å²) in [5.41, 5.74) is 0. The predicted molar refractivity (Wildman–Crippen MR) is 71.6 cm³/mol. The minimum atomic E-state index is 0.0902. The highest BCUT2D eigenvalue weighted by Gasteiger charge is 2.47. The molecule has 3 heteroatoms. The molecule has 3 aliphatic rings. The Morgan fingerprint density at radius 3 is 2.65 bits per heavy atom. The van der Waals surface area contributed by atoms with Gasteiger partial charge in [-0.2, -0.15) is 0 Å². The fourth-order valence-electron chi connectivity index (χ4n) is 2.97. The van der Waals surface area contributed by atoms with Gasteiger partial charge in [0.15, 0.2) is 0 Å². The Morgan fingerprint density at radius 2 is 1.94 bits per heavy atom. The van der Waals surface area contributed by atoms with Crippen molar-refractivity contribution in [2.24, 2.45) is 11.8 Å². The fourth-order valence-corrected chi connectivity index (χ4v) is 4.96. The first-order valence-corrected chi connectivity index (χ1v) is 7.47. The lowest BCUT2D eigenvalue weighted by Gasteiger charge is -2.43. The first-order valence-electron chi connectivity index (χ1n) is 6.15. The molecule has 90 valence electrons. The van der Waals surface area contributed by atoms with Crippen molar-refractivity contribution in [1.82, 2.24) is 0 Å². The fraction of sp³-hybridized carbons (Fsp3) is 0.500. The molecule has 1 aromatic rings. The summed E-state index contributed by atoms with van der Waals surface area (Å²) in [6, 6.07) is 10.2. The molecule has 0 spiro atoms. The maximum Gasteiger partial charge on any atom is 0.149 e. The summed E-state index contributed by atoms with van der Waals surface area (Å²) in [5.74, 6) is 1.04. The Kier molecular flexibility index (Phi) is 3.18. The molecular weight excluding hydrogens is 252 g/mol. The van der Waals surface area contributed by atoms with E-state index in [2.05, 4.69) is 12.1 Å². The lowest BCUT2D eigenvalue weighted by Crippen LogP contribution is -2.48. The van der Waals surface area contributed by atoms with Crippen molar-refractivity contribution in [3.63, 3.8) is 0 Å². The topological polar surface area (TPSA) is 17.1 Å². The molecule has 3 aliphatic carbocycles. The summed E-state index contributed by atoms with van der Waals surface area (Å²) >= 11 is 8.08. The van der Waals surface area contributed by atoms with Crippen molar-refractivity contribution in [3.05, 3.63) is 30.3 Å². The molecular formula is C14H15ClOS. The Morgan fingerprint density at radius 1 is 1.18 bits per heavy atom. The summed E-state index contributed by atoms with van der Waals surface area (Å²) < 4.78 is 0. The number of benzene rings is 1. The molecule has 0 heterocycles. The molecule has 0 radical (unpaired) electrons. The van der Waals surface area contributed by atoms with Crippen molar-refractivity contribution in [2.75, 3.05) is 0 Å². The monoisotopic (exact) mass is 266 g/mol. The van der Waals surface area contributed by atoms with Crippen LogP contribution >= 0.6 is 23.4 Å². The zero-order valence-corrected chi connectivity index (χ0v) is 11.1. The highest BCUT2D eigenvalue weighted by atomic mass is 35.5. The molecule has 4 atom stereocenters. The summed E-state index contributed by atoms with van der Waals surface area (Å²) in [7, 11) is 0.